The Hall–Kier alpha value is 0.237. The smallest absolute Gasteiger partial charge is 0.186 e. The molecule has 0 unspecified atom stereocenters. The molecule has 0 aromatic rings. The van der Waals surface area contributed by atoms with Crippen LogP contribution in [-0.2, 0) is 4.79 Å². The minimum Gasteiger partial charge on any atom is -0.288 e. The predicted molar refractivity (Wildman–Crippen MR) is 60.5 cm³/mol. The first-order chi connectivity index (χ1) is 5.12. The molecule has 0 aromatic heterocycles. The highest BCUT2D eigenvalue weighted by Gasteiger charge is 2.28. The van der Waals surface area contributed by atoms with Gasteiger partial charge in [-0.05, 0) is 6.04 Å². The van der Waals surface area contributed by atoms with Crippen molar-refractivity contribution in [3.8, 4) is 0 Å². The van der Waals surface area contributed by atoms with E-state index >= 15 is 0 Å². The molecule has 0 bridgehead atoms. The van der Waals surface area contributed by atoms with Crippen molar-refractivity contribution in [3.63, 3.8) is 0 Å². The molecule has 0 amide bonds. The van der Waals surface area contributed by atoms with Crippen molar-refractivity contribution >= 4 is 25.0 Å². The molecule has 0 aliphatic carbocycles. The first-order valence-electron chi connectivity index (χ1n) is 4.32. The maximum atomic E-state index is 10.9. The van der Waals surface area contributed by atoms with E-state index in [4.69, 9.17) is 0 Å². The number of carbonyl (C=O) groups is 1. The van der Waals surface area contributed by atoms with Gasteiger partial charge in [-0.25, -0.2) is 0 Å². The molecule has 0 atom stereocenters. The Morgan fingerprint density at radius 1 is 1.33 bits per heavy atom. The fourth-order valence-electron chi connectivity index (χ4n) is 1.70. The van der Waals surface area contributed by atoms with Crippen LogP contribution in [0, 0.1) is 0 Å². The zero-order valence-electron chi connectivity index (χ0n) is 9.02. The molecule has 0 N–H and O–H groups in total. The standard InChI is InChI=1S/C9H20OSSi/c1-8(10)11-9(2,3)7-12(4,5)6/h7H2,1-6H3. The summed E-state index contributed by atoms with van der Waals surface area (Å²) in [5.74, 6) is 0. The van der Waals surface area contributed by atoms with Gasteiger partial charge < -0.3 is 0 Å². The summed E-state index contributed by atoms with van der Waals surface area (Å²) in [6, 6.07) is 1.20. The molecule has 0 saturated carbocycles. The highest BCUT2D eigenvalue weighted by molar-refractivity contribution is 8.14. The quantitative estimate of drug-likeness (QED) is 0.656. The molecule has 3 heteroatoms. The number of carbonyl (C=O) groups excluding carboxylic acids is 1. The van der Waals surface area contributed by atoms with E-state index in [9.17, 15) is 4.79 Å². The second kappa shape index (κ2) is 3.96. The monoisotopic (exact) mass is 204 g/mol. The molecule has 1 nitrogen and oxygen atoms in total. The maximum absolute atomic E-state index is 10.9. The largest absolute Gasteiger partial charge is 0.288 e. The summed E-state index contributed by atoms with van der Waals surface area (Å²) >= 11 is 1.48. The van der Waals surface area contributed by atoms with Crippen molar-refractivity contribution in [2.24, 2.45) is 0 Å². The molecule has 0 fully saturated rings. The van der Waals surface area contributed by atoms with Gasteiger partial charge in [0.15, 0.2) is 5.12 Å². The third-order valence-corrected chi connectivity index (χ3v) is 4.56. The zero-order valence-corrected chi connectivity index (χ0v) is 10.8. The highest BCUT2D eigenvalue weighted by atomic mass is 32.2. The Bertz CT molecular complexity index is 170. The Morgan fingerprint density at radius 2 is 1.75 bits per heavy atom. The summed E-state index contributed by atoms with van der Waals surface area (Å²) in [5.41, 5.74) is 0. The number of rotatable bonds is 3. The molecule has 0 radical (unpaired) electrons. The lowest BCUT2D eigenvalue weighted by atomic mass is 10.2. The van der Waals surface area contributed by atoms with Crippen molar-refractivity contribution in [1.29, 1.82) is 0 Å². The fraction of sp³-hybridized carbons (Fsp3) is 0.889. The topological polar surface area (TPSA) is 17.1 Å². The summed E-state index contributed by atoms with van der Waals surface area (Å²) in [7, 11) is -1.03. The van der Waals surface area contributed by atoms with Crippen LogP contribution in [0.2, 0.25) is 25.7 Å². The van der Waals surface area contributed by atoms with Crippen LogP contribution >= 0.6 is 11.8 Å². The SMILES string of the molecule is CC(=O)SC(C)(C)C[Si](C)(C)C. The van der Waals surface area contributed by atoms with Crippen molar-refractivity contribution in [1.82, 2.24) is 0 Å². The number of hydrogen-bond acceptors (Lipinski definition) is 2. The van der Waals surface area contributed by atoms with E-state index in [2.05, 4.69) is 33.5 Å². The lowest BCUT2D eigenvalue weighted by Gasteiger charge is -2.29. The molecular weight excluding hydrogens is 184 g/mol. The molecule has 72 valence electrons. The normalized spacial score (nSPS) is 13.2. The first-order valence-corrected chi connectivity index (χ1v) is 8.84. The van der Waals surface area contributed by atoms with Crippen molar-refractivity contribution in [2.75, 3.05) is 0 Å². The molecular formula is C9H20OSSi. The van der Waals surface area contributed by atoms with Crippen molar-refractivity contribution in [3.05, 3.63) is 0 Å². The van der Waals surface area contributed by atoms with Crippen molar-refractivity contribution < 1.29 is 4.79 Å². The van der Waals surface area contributed by atoms with Gasteiger partial charge in [-0.2, -0.15) is 0 Å². The molecule has 0 aromatic carbocycles. The molecule has 0 saturated heterocycles. The summed E-state index contributed by atoms with van der Waals surface area (Å²) in [5, 5.41) is 0.234. The number of thioether (sulfide) groups is 1. The molecule has 0 spiro atoms. The van der Waals surface area contributed by atoms with E-state index < -0.39 is 8.07 Å². The van der Waals surface area contributed by atoms with Crippen LogP contribution in [0.4, 0.5) is 0 Å². The highest BCUT2D eigenvalue weighted by Crippen LogP contribution is 2.33. The molecule has 0 rings (SSSR count). The van der Waals surface area contributed by atoms with Gasteiger partial charge in [-0.3, -0.25) is 4.79 Å². The van der Waals surface area contributed by atoms with Gasteiger partial charge >= 0.3 is 0 Å². The summed E-state index contributed by atoms with van der Waals surface area (Å²) in [4.78, 5) is 10.9. The zero-order chi connectivity index (χ0) is 9.99. The van der Waals surface area contributed by atoms with Crippen LogP contribution in [0.3, 0.4) is 0 Å². The van der Waals surface area contributed by atoms with Crippen LogP contribution in [0.5, 0.6) is 0 Å². The number of hydrogen-bond donors (Lipinski definition) is 0. The van der Waals surface area contributed by atoms with E-state index in [-0.39, 0.29) is 9.86 Å². The Morgan fingerprint density at radius 3 is 2.00 bits per heavy atom. The van der Waals surface area contributed by atoms with Crippen LogP contribution in [0.15, 0.2) is 0 Å². The van der Waals surface area contributed by atoms with E-state index in [1.54, 1.807) is 6.92 Å². The minimum absolute atomic E-state index is 0.135. The van der Waals surface area contributed by atoms with Crippen molar-refractivity contribution in [2.45, 2.75) is 51.2 Å². The Balaban J connectivity index is 4.13. The van der Waals surface area contributed by atoms with Crippen LogP contribution in [-0.4, -0.2) is 17.9 Å². The van der Waals surface area contributed by atoms with E-state index in [0.717, 1.165) is 0 Å². The van der Waals surface area contributed by atoms with E-state index in [1.807, 2.05) is 0 Å². The fourth-order valence-corrected chi connectivity index (χ4v) is 6.62. The van der Waals surface area contributed by atoms with Gasteiger partial charge in [0, 0.05) is 19.7 Å². The second-order valence-corrected chi connectivity index (χ2v) is 12.4. The van der Waals surface area contributed by atoms with Gasteiger partial charge in [0.25, 0.3) is 0 Å². The minimum atomic E-state index is -1.03. The van der Waals surface area contributed by atoms with Crippen LogP contribution < -0.4 is 0 Å². The first kappa shape index (κ1) is 12.2. The Labute approximate surface area is 81.3 Å². The van der Waals surface area contributed by atoms with Gasteiger partial charge in [-0.15, -0.1) is 0 Å². The molecule has 0 aliphatic heterocycles. The van der Waals surface area contributed by atoms with Crippen LogP contribution in [0.25, 0.3) is 0 Å². The second-order valence-electron chi connectivity index (χ2n) is 5.09. The van der Waals surface area contributed by atoms with E-state index in [1.165, 1.54) is 17.8 Å². The third kappa shape index (κ3) is 6.92. The summed E-state index contributed by atoms with van der Waals surface area (Å²) in [6.45, 7) is 13.0. The molecule has 12 heavy (non-hydrogen) atoms. The third-order valence-electron chi connectivity index (χ3n) is 1.38. The summed E-state index contributed by atoms with van der Waals surface area (Å²) in [6.07, 6.45) is 0. The molecule has 0 aliphatic rings. The van der Waals surface area contributed by atoms with E-state index in [0.29, 0.717) is 0 Å². The van der Waals surface area contributed by atoms with Crippen LogP contribution in [0.1, 0.15) is 20.8 Å². The summed E-state index contributed by atoms with van der Waals surface area (Å²) < 4.78 is 0.135. The lowest BCUT2D eigenvalue weighted by Crippen LogP contribution is -2.31. The average Bonchev–Trinajstić information content (AvgIpc) is 1.48. The predicted octanol–water partition coefficient (Wildman–Crippen LogP) is 3.38. The average molecular weight is 204 g/mol. The van der Waals surface area contributed by atoms with Gasteiger partial charge in [0.2, 0.25) is 0 Å². The van der Waals surface area contributed by atoms with Gasteiger partial charge in [0.05, 0.1) is 0 Å². The van der Waals surface area contributed by atoms with Gasteiger partial charge in [0.1, 0.15) is 0 Å². The lowest BCUT2D eigenvalue weighted by molar-refractivity contribution is -0.109. The van der Waals surface area contributed by atoms with Gasteiger partial charge in [-0.1, -0.05) is 45.3 Å². The molecule has 0 heterocycles. The Kier molecular flexibility index (Phi) is 4.04. The maximum Gasteiger partial charge on any atom is 0.186 e.